The fraction of sp³-hybridized carbons (Fsp3) is 0.250. The van der Waals surface area contributed by atoms with Crippen LogP contribution in [-0.2, 0) is 11.3 Å². The number of hydrogen-bond acceptors (Lipinski definition) is 3. The molecule has 1 aliphatic rings. The summed E-state index contributed by atoms with van der Waals surface area (Å²) < 4.78 is 5.19. The van der Waals surface area contributed by atoms with Gasteiger partial charge in [0.2, 0.25) is 0 Å². The molecule has 1 N–H and O–H groups in total. The summed E-state index contributed by atoms with van der Waals surface area (Å²) in [6, 6.07) is 15.7. The molecule has 0 aliphatic heterocycles. The lowest BCUT2D eigenvalue weighted by molar-refractivity contribution is -0.115. The van der Waals surface area contributed by atoms with Crippen molar-refractivity contribution in [3.63, 3.8) is 0 Å². The van der Waals surface area contributed by atoms with E-state index in [0.717, 1.165) is 28.5 Å². The van der Waals surface area contributed by atoms with Gasteiger partial charge in [0.1, 0.15) is 5.75 Å². The second kappa shape index (κ2) is 7.54. The highest BCUT2D eigenvalue weighted by atomic mass is 35.5. The molecular formula is C20H20ClNO2. The van der Waals surface area contributed by atoms with Gasteiger partial charge in [-0.1, -0.05) is 35.9 Å². The molecule has 0 fully saturated rings. The molecule has 0 spiro atoms. The molecular weight excluding hydrogens is 322 g/mol. The van der Waals surface area contributed by atoms with Gasteiger partial charge < -0.3 is 10.1 Å². The molecule has 1 atom stereocenters. The fourth-order valence-electron chi connectivity index (χ4n) is 2.95. The first-order valence-corrected chi connectivity index (χ1v) is 8.37. The molecule has 0 aromatic heterocycles. The molecule has 3 rings (SSSR count). The lowest BCUT2D eigenvalue weighted by Crippen LogP contribution is -2.21. The Morgan fingerprint density at radius 3 is 2.46 bits per heavy atom. The summed E-state index contributed by atoms with van der Waals surface area (Å²) in [6.45, 7) is 0.686. The highest BCUT2D eigenvalue weighted by molar-refractivity contribution is 6.30. The van der Waals surface area contributed by atoms with Crippen molar-refractivity contribution < 1.29 is 9.53 Å². The van der Waals surface area contributed by atoms with Gasteiger partial charge in [0.05, 0.1) is 7.11 Å². The molecule has 0 heterocycles. The Labute approximate surface area is 147 Å². The van der Waals surface area contributed by atoms with E-state index in [4.69, 9.17) is 16.3 Å². The van der Waals surface area contributed by atoms with Crippen LogP contribution in [0.25, 0.3) is 0 Å². The minimum Gasteiger partial charge on any atom is -0.497 e. The first-order chi connectivity index (χ1) is 11.6. The summed E-state index contributed by atoms with van der Waals surface area (Å²) in [4.78, 5) is 12.1. The number of ether oxygens (including phenoxy) is 1. The lowest BCUT2D eigenvalue weighted by atomic mass is 9.85. The van der Waals surface area contributed by atoms with Crippen LogP contribution in [0.1, 0.15) is 29.9 Å². The van der Waals surface area contributed by atoms with E-state index in [2.05, 4.69) is 5.32 Å². The Bertz CT molecular complexity index is 735. The predicted molar refractivity (Wildman–Crippen MR) is 96.4 cm³/mol. The maximum atomic E-state index is 12.1. The second-order valence-corrected chi connectivity index (χ2v) is 6.43. The van der Waals surface area contributed by atoms with Gasteiger partial charge in [-0.15, -0.1) is 0 Å². The van der Waals surface area contributed by atoms with Crippen LogP contribution in [0.3, 0.4) is 0 Å². The van der Waals surface area contributed by atoms with E-state index in [1.54, 1.807) is 13.2 Å². The third-order valence-electron chi connectivity index (χ3n) is 4.27. The highest BCUT2D eigenvalue weighted by Gasteiger charge is 2.22. The minimum absolute atomic E-state index is 0.167. The third-order valence-corrected chi connectivity index (χ3v) is 4.52. The summed E-state index contributed by atoms with van der Waals surface area (Å²) >= 11 is 5.90. The van der Waals surface area contributed by atoms with E-state index in [9.17, 15) is 4.79 Å². The average molecular weight is 342 g/mol. The normalized spacial score (nSPS) is 17.3. The van der Waals surface area contributed by atoms with E-state index < -0.39 is 0 Å². The van der Waals surface area contributed by atoms with Crippen molar-refractivity contribution in [2.45, 2.75) is 25.3 Å². The first kappa shape index (κ1) is 16.6. The molecule has 124 valence electrons. The van der Waals surface area contributed by atoms with Crippen molar-refractivity contribution >= 4 is 17.4 Å². The zero-order chi connectivity index (χ0) is 16.9. The largest absolute Gasteiger partial charge is 0.497 e. The summed E-state index contributed by atoms with van der Waals surface area (Å²) in [6.07, 6.45) is 3.13. The number of benzene rings is 2. The van der Waals surface area contributed by atoms with Gasteiger partial charge in [-0.25, -0.2) is 0 Å². The van der Waals surface area contributed by atoms with E-state index in [-0.39, 0.29) is 11.7 Å². The van der Waals surface area contributed by atoms with Gasteiger partial charge in [-0.05, 0) is 47.7 Å². The Morgan fingerprint density at radius 1 is 1.08 bits per heavy atom. The average Bonchev–Trinajstić information content (AvgIpc) is 2.61. The molecule has 0 saturated carbocycles. The highest BCUT2D eigenvalue weighted by Crippen LogP contribution is 2.31. The Balaban J connectivity index is 1.65. The number of methoxy groups -OCH3 is 1. The van der Waals surface area contributed by atoms with E-state index >= 15 is 0 Å². The van der Waals surface area contributed by atoms with Crippen molar-refractivity contribution in [2.24, 2.45) is 0 Å². The molecule has 4 heteroatoms. The number of carbonyl (C=O) groups is 1. The molecule has 0 saturated heterocycles. The maximum Gasteiger partial charge on any atom is 0.158 e. The van der Waals surface area contributed by atoms with Gasteiger partial charge in [0.25, 0.3) is 0 Å². The molecule has 0 bridgehead atoms. The van der Waals surface area contributed by atoms with Crippen molar-refractivity contribution in [1.29, 1.82) is 0 Å². The van der Waals surface area contributed by atoms with Crippen molar-refractivity contribution in [2.75, 3.05) is 7.11 Å². The first-order valence-electron chi connectivity index (χ1n) is 7.99. The molecule has 24 heavy (non-hydrogen) atoms. The van der Waals surface area contributed by atoms with Crippen LogP contribution in [0.5, 0.6) is 5.75 Å². The number of carbonyl (C=O) groups excluding carboxylic acids is 1. The number of nitrogens with one attached hydrogen (secondary N) is 1. The maximum absolute atomic E-state index is 12.1. The molecule has 0 unspecified atom stereocenters. The standard InChI is InChI=1S/C20H20ClNO2/c1-24-20-8-4-15(5-9-20)16-10-18(12-19(23)11-16)22-13-14-2-6-17(21)7-3-14/h2-9,12,16,22H,10-11,13H2,1H3/t16-/m0/s1. The zero-order valence-electron chi connectivity index (χ0n) is 13.6. The number of allylic oxidation sites excluding steroid dienone is 2. The van der Waals surface area contributed by atoms with Crippen molar-refractivity contribution in [3.8, 4) is 5.75 Å². The monoisotopic (exact) mass is 341 g/mol. The SMILES string of the molecule is COc1ccc([C@@H]2CC(=O)C=C(NCc3ccc(Cl)cc3)C2)cc1. The molecule has 3 nitrogen and oxygen atoms in total. The summed E-state index contributed by atoms with van der Waals surface area (Å²) in [5.74, 6) is 1.21. The number of rotatable bonds is 5. The quantitative estimate of drug-likeness (QED) is 0.872. The summed E-state index contributed by atoms with van der Waals surface area (Å²) in [7, 11) is 1.65. The number of ketones is 1. The molecule has 1 aliphatic carbocycles. The Morgan fingerprint density at radius 2 is 1.79 bits per heavy atom. The van der Waals surface area contributed by atoms with Crippen LogP contribution < -0.4 is 10.1 Å². The molecule has 0 radical (unpaired) electrons. The lowest BCUT2D eigenvalue weighted by Gasteiger charge is -2.23. The Hall–Kier alpha value is -2.26. The van der Waals surface area contributed by atoms with Gasteiger partial charge >= 0.3 is 0 Å². The molecule has 0 amide bonds. The third kappa shape index (κ3) is 4.18. The van der Waals surface area contributed by atoms with Crippen molar-refractivity contribution in [3.05, 3.63) is 76.5 Å². The van der Waals surface area contributed by atoms with Crippen molar-refractivity contribution in [1.82, 2.24) is 5.32 Å². The van der Waals surface area contributed by atoms with Crippen LogP contribution >= 0.6 is 11.6 Å². The van der Waals surface area contributed by atoms with Crippen LogP contribution in [-0.4, -0.2) is 12.9 Å². The van der Waals surface area contributed by atoms with Gasteiger partial charge in [-0.3, -0.25) is 4.79 Å². The van der Waals surface area contributed by atoms with Gasteiger partial charge in [-0.2, -0.15) is 0 Å². The summed E-state index contributed by atoms with van der Waals surface area (Å²) in [5, 5.41) is 4.11. The minimum atomic E-state index is 0.167. The predicted octanol–water partition coefficient (Wildman–Crippen LogP) is 4.47. The van der Waals surface area contributed by atoms with Crippen LogP contribution in [0, 0.1) is 0 Å². The smallest absolute Gasteiger partial charge is 0.158 e. The van der Waals surface area contributed by atoms with E-state index in [1.807, 2.05) is 48.5 Å². The fourth-order valence-corrected chi connectivity index (χ4v) is 3.07. The van der Waals surface area contributed by atoms with Crippen LogP contribution in [0.2, 0.25) is 5.02 Å². The van der Waals surface area contributed by atoms with Gasteiger partial charge in [0, 0.05) is 29.8 Å². The second-order valence-electron chi connectivity index (χ2n) is 5.99. The number of hydrogen-bond donors (Lipinski definition) is 1. The molecule has 2 aromatic rings. The molecule has 2 aromatic carbocycles. The van der Waals surface area contributed by atoms with Crippen LogP contribution in [0.4, 0.5) is 0 Å². The zero-order valence-corrected chi connectivity index (χ0v) is 14.3. The van der Waals surface area contributed by atoms with E-state index in [1.165, 1.54) is 5.56 Å². The summed E-state index contributed by atoms with van der Waals surface area (Å²) in [5.41, 5.74) is 3.30. The number of halogens is 1. The van der Waals surface area contributed by atoms with Crippen LogP contribution in [0.15, 0.2) is 60.3 Å². The Kier molecular flexibility index (Phi) is 5.21. The van der Waals surface area contributed by atoms with E-state index in [0.29, 0.717) is 13.0 Å². The van der Waals surface area contributed by atoms with Gasteiger partial charge in [0.15, 0.2) is 5.78 Å². The topological polar surface area (TPSA) is 38.3 Å².